The number of primary amides is 1. The maximum Gasteiger partial charge on any atom is 0.408 e. The van der Waals surface area contributed by atoms with E-state index >= 15 is 0 Å². The number of benzene rings is 1. The van der Waals surface area contributed by atoms with Crippen molar-refractivity contribution in [1.82, 2.24) is 46.5 Å². The van der Waals surface area contributed by atoms with Gasteiger partial charge in [0, 0.05) is 31.7 Å². The molecule has 2 heterocycles. The lowest BCUT2D eigenvalue weighted by Crippen LogP contribution is -2.58. The number of imidazole rings is 2. The zero-order valence-corrected chi connectivity index (χ0v) is 34.3. The van der Waals surface area contributed by atoms with Crippen LogP contribution in [-0.4, -0.2) is 103 Å². The summed E-state index contributed by atoms with van der Waals surface area (Å²) in [6, 6.07) is 3.55. The third kappa shape index (κ3) is 16.0. The van der Waals surface area contributed by atoms with Crippen molar-refractivity contribution in [2.45, 2.75) is 129 Å². The number of nitrogens with one attached hydrogen (secondary N) is 7. The highest BCUT2D eigenvalue weighted by atomic mass is 16.6. The number of ether oxygens (including phenoxy) is 1. The summed E-state index contributed by atoms with van der Waals surface area (Å²) in [4.78, 5) is 93.8. The summed E-state index contributed by atoms with van der Waals surface area (Å²) in [5, 5.41) is 25.0. The van der Waals surface area contributed by atoms with Gasteiger partial charge in [0.2, 0.25) is 29.5 Å². The number of aromatic nitrogens is 4. The topological polar surface area (TPSA) is 275 Å². The Kier molecular flexibility index (Phi) is 17.9. The maximum atomic E-state index is 14.1. The lowest BCUT2D eigenvalue weighted by Gasteiger charge is -2.30. The fraction of sp³-hybridized carbons (Fsp3) is 0.550. The first-order valence-electron chi connectivity index (χ1n) is 19.5. The van der Waals surface area contributed by atoms with Crippen LogP contribution in [0.4, 0.5) is 4.79 Å². The molecule has 18 heteroatoms. The van der Waals surface area contributed by atoms with Gasteiger partial charge in [0.1, 0.15) is 29.8 Å². The average molecular weight is 809 g/mol. The van der Waals surface area contributed by atoms with Gasteiger partial charge in [-0.25, -0.2) is 14.8 Å². The van der Waals surface area contributed by atoms with Crippen molar-refractivity contribution in [3.63, 3.8) is 0 Å². The number of aliphatic hydroxyl groups excluding tert-OH is 1. The van der Waals surface area contributed by atoms with Crippen molar-refractivity contribution in [3.05, 3.63) is 72.3 Å². The van der Waals surface area contributed by atoms with E-state index in [0.29, 0.717) is 17.8 Å². The molecule has 10 N–H and O–H groups in total. The maximum absolute atomic E-state index is 14.1. The van der Waals surface area contributed by atoms with Crippen LogP contribution in [0.5, 0.6) is 0 Å². The summed E-state index contributed by atoms with van der Waals surface area (Å²) in [6.07, 6.45) is 4.13. The Hall–Kier alpha value is -5.78. The number of nitrogens with zero attached hydrogens (tertiary/aromatic N) is 2. The second kappa shape index (κ2) is 22.2. The predicted octanol–water partition coefficient (Wildman–Crippen LogP) is 1.32. The van der Waals surface area contributed by atoms with E-state index in [9.17, 15) is 33.9 Å². The fourth-order valence-electron chi connectivity index (χ4n) is 6.07. The number of carbonyl (C=O) groups excluding carboxylic acids is 6. The Balaban J connectivity index is 1.78. The smallest absolute Gasteiger partial charge is 0.408 e. The van der Waals surface area contributed by atoms with Crippen LogP contribution >= 0.6 is 0 Å². The van der Waals surface area contributed by atoms with Crippen LogP contribution in [0, 0.1) is 11.8 Å². The Bertz CT molecular complexity index is 1760. The standard InChI is InChI=1S/C40H60N10O8/c1-8-24(4)34(38(56)47-29(35(41)53)16-26-19-42-21-44-26)50-33(52)18-32(51)28(14-23(2)3)46-37(55)31(17-27-20-43-22-45-27)48-36(54)30(15-25-12-10-9-11-13-25)49-39(57)58-40(5,6)7/h9-13,19-24,28-32,34,51H,8,14-18H2,1-7H3,(H2,41,53)(H,42,44)(H,43,45)(H,46,55)(H,47,56)(H,48,54)(H,49,57)(H,50,52)/t24-,28-,29-,30-,31-,32-,34-/m0/s1. The number of hydrogen-bond acceptors (Lipinski definition) is 10. The number of nitrogens with two attached hydrogens (primary N) is 1. The normalized spacial score (nSPS) is 15.1. The SMILES string of the molecule is CC[C@H](C)[C@H](NC(=O)C[C@H](O)[C@H](CC(C)C)NC(=O)[C@H](Cc1c[nH]cn1)NC(=O)[C@H](Cc1ccccc1)NC(=O)OC(C)(C)C)C(=O)N[C@@H](Cc1c[nH]cn1)C(N)=O. The fourth-order valence-corrected chi connectivity index (χ4v) is 6.07. The molecule has 0 saturated carbocycles. The van der Waals surface area contributed by atoms with Gasteiger partial charge < -0.3 is 52.1 Å². The third-order valence-electron chi connectivity index (χ3n) is 9.24. The average Bonchev–Trinajstić information content (AvgIpc) is 3.86. The number of hydrogen-bond donors (Lipinski definition) is 9. The van der Waals surface area contributed by atoms with Crippen molar-refractivity contribution in [1.29, 1.82) is 0 Å². The number of amides is 6. The highest BCUT2D eigenvalue weighted by molar-refractivity contribution is 5.93. The Morgan fingerprint density at radius 2 is 1.33 bits per heavy atom. The zero-order valence-electron chi connectivity index (χ0n) is 34.3. The highest BCUT2D eigenvalue weighted by Crippen LogP contribution is 2.15. The van der Waals surface area contributed by atoms with E-state index in [1.165, 1.54) is 12.7 Å². The van der Waals surface area contributed by atoms with Gasteiger partial charge in [-0.3, -0.25) is 24.0 Å². The van der Waals surface area contributed by atoms with E-state index in [2.05, 4.69) is 46.5 Å². The minimum Gasteiger partial charge on any atom is -0.444 e. The number of carbonyl (C=O) groups is 6. The number of aliphatic hydroxyl groups is 1. The second-order valence-electron chi connectivity index (χ2n) is 15.9. The van der Waals surface area contributed by atoms with Crippen molar-refractivity contribution >= 4 is 35.6 Å². The van der Waals surface area contributed by atoms with Gasteiger partial charge in [-0.05, 0) is 44.6 Å². The van der Waals surface area contributed by atoms with Gasteiger partial charge in [0.05, 0.1) is 42.6 Å². The molecular weight excluding hydrogens is 749 g/mol. The van der Waals surface area contributed by atoms with Crippen molar-refractivity contribution < 1.29 is 38.6 Å². The van der Waals surface area contributed by atoms with Crippen LogP contribution in [0.1, 0.15) is 84.7 Å². The van der Waals surface area contributed by atoms with Crippen molar-refractivity contribution in [3.8, 4) is 0 Å². The molecular formula is C40H60N10O8. The molecule has 0 unspecified atom stereocenters. The zero-order chi connectivity index (χ0) is 43.0. The molecule has 0 fully saturated rings. The summed E-state index contributed by atoms with van der Waals surface area (Å²) >= 11 is 0. The van der Waals surface area contributed by atoms with Gasteiger partial charge in [0.15, 0.2) is 0 Å². The number of alkyl carbamates (subject to hydrolysis) is 1. The third-order valence-corrected chi connectivity index (χ3v) is 9.24. The molecule has 0 aliphatic rings. The van der Waals surface area contributed by atoms with E-state index in [-0.39, 0.29) is 37.5 Å². The Labute approximate surface area is 339 Å². The number of rotatable bonds is 22. The molecule has 6 amide bonds. The predicted molar refractivity (Wildman–Crippen MR) is 214 cm³/mol. The monoisotopic (exact) mass is 808 g/mol. The summed E-state index contributed by atoms with van der Waals surface area (Å²) in [7, 11) is 0. The quantitative estimate of drug-likeness (QED) is 0.0702. The summed E-state index contributed by atoms with van der Waals surface area (Å²) in [5.41, 5.74) is 6.44. The van der Waals surface area contributed by atoms with Crippen molar-refractivity contribution in [2.24, 2.45) is 17.6 Å². The molecule has 318 valence electrons. The first-order chi connectivity index (χ1) is 27.3. The second-order valence-corrected chi connectivity index (χ2v) is 15.9. The van der Waals surface area contributed by atoms with Gasteiger partial charge in [-0.2, -0.15) is 0 Å². The Morgan fingerprint density at radius 3 is 1.84 bits per heavy atom. The summed E-state index contributed by atoms with van der Waals surface area (Å²) < 4.78 is 5.41. The summed E-state index contributed by atoms with van der Waals surface area (Å²) in [5.74, 6) is -3.82. The lowest BCUT2D eigenvalue weighted by molar-refractivity contribution is -0.133. The molecule has 2 aromatic heterocycles. The first kappa shape index (κ1) is 46.6. The van der Waals surface area contributed by atoms with E-state index < -0.39 is 84.0 Å². The molecule has 0 aliphatic carbocycles. The van der Waals surface area contributed by atoms with Crippen LogP contribution < -0.4 is 32.3 Å². The largest absolute Gasteiger partial charge is 0.444 e. The lowest BCUT2D eigenvalue weighted by atomic mass is 9.95. The Morgan fingerprint density at radius 1 is 0.776 bits per heavy atom. The molecule has 3 rings (SSSR count). The highest BCUT2D eigenvalue weighted by Gasteiger charge is 2.34. The minimum atomic E-state index is -1.41. The van der Waals surface area contributed by atoms with Gasteiger partial charge in [-0.15, -0.1) is 0 Å². The molecule has 7 atom stereocenters. The molecule has 18 nitrogen and oxygen atoms in total. The number of aromatic amines is 2. The molecule has 0 radical (unpaired) electrons. The molecule has 58 heavy (non-hydrogen) atoms. The van der Waals surface area contributed by atoms with Gasteiger partial charge in [0.25, 0.3) is 0 Å². The van der Waals surface area contributed by atoms with Gasteiger partial charge in [-0.1, -0.05) is 64.4 Å². The molecule has 3 aromatic rings. The molecule has 0 aliphatic heterocycles. The number of H-pyrrole nitrogens is 2. The van der Waals surface area contributed by atoms with Crippen LogP contribution in [0.2, 0.25) is 0 Å². The molecule has 0 saturated heterocycles. The van der Waals surface area contributed by atoms with Crippen LogP contribution in [0.25, 0.3) is 0 Å². The molecule has 1 aromatic carbocycles. The van der Waals surface area contributed by atoms with Gasteiger partial charge >= 0.3 is 6.09 Å². The minimum absolute atomic E-state index is 0.0383. The summed E-state index contributed by atoms with van der Waals surface area (Å²) in [6.45, 7) is 12.5. The van der Waals surface area contributed by atoms with Crippen LogP contribution in [0.3, 0.4) is 0 Å². The first-order valence-corrected chi connectivity index (χ1v) is 19.5. The molecule has 0 spiro atoms. The van der Waals surface area contributed by atoms with E-state index in [1.807, 2.05) is 26.8 Å². The van der Waals surface area contributed by atoms with Crippen LogP contribution in [-0.2, 0) is 48.0 Å². The van der Waals surface area contributed by atoms with E-state index in [1.54, 1.807) is 64.4 Å². The van der Waals surface area contributed by atoms with Crippen LogP contribution in [0.15, 0.2) is 55.4 Å². The van der Waals surface area contributed by atoms with E-state index in [0.717, 1.165) is 5.56 Å². The van der Waals surface area contributed by atoms with Crippen molar-refractivity contribution in [2.75, 3.05) is 0 Å². The van der Waals surface area contributed by atoms with E-state index in [4.69, 9.17) is 10.5 Å². The molecule has 0 bridgehead atoms.